The Balaban J connectivity index is 1.72. The van der Waals surface area contributed by atoms with Crippen LogP contribution in [0.25, 0.3) is 10.8 Å². The van der Waals surface area contributed by atoms with E-state index in [1.54, 1.807) is 14.2 Å². The van der Waals surface area contributed by atoms with Gasteiger partial charge >= 0.3 is 0 Å². The van der Waals surface area contributed by atoms with Crippen LogP contribution >= 0.6 is 0 Å². The van der Waals surface area contributed by atoms with Gasteiger partial charge in [-0.2, -0.15) is 0 Å². The van der Waals surface area contributed by atoms with Crippen molar-refractivity contribution in [3.63, 3.8) is 0 Å². The van der Waals surface area contributed by atoms with Crippen molar-refractivity contribution in [3.8, 4) is 28.7 Å². The van der Waals surface area contributed by atoms with Crippen LogP contribution in [-0.2, 0) is 12.8 Å². The third-order valence-electron chi connectivity index (χ3n) is 7.88. The normalized spacial score (nSPS) is 17.2. The molecule has 1 heterocycles. The standard InChI is InChI=1S/C32H32O5/c1-17-14-19-10-11-21-24(15-20(34-5)16-27(21)35-6)29(28(19)31(33)18(17)2)23-12-13-26-30-22(23)8-7-9-25(30)36-32(3,4)37-26/h7-9,12-16,29,33H,10-11H2,1-6H3. The second kappa shape index (κ2) is 8.34. The summed E-state index contributed by atoms with van der Waals surface area (Å²) in [7, 11) is 3.37. The van der Waals surface area contributed by atoms with Gasteiger partial charge in [-0.25, -0.2) is 0 Å². The van der Waals surface area contributed by atoms with Gasteiger partial charge in [-0.1, -0.05) is 24.3 Å². The van der Waals surface area contributed by atoms with Crippen molar-refractivity contribution in [1.29, 1.82) is 0 Å². The predicted octanol–water partition coefficient (Wildman–Crippen LogP) is 6.97. The monoisotopic (exact) mass is 496 g/mol. The number of methoxy groups -OCH3 is 2. The highest BCUT2D eigenvalue weighted by Gasteiger charge is 2.35. The molecule has 6 rings (SSSR count). The first-order chi connectivity index (χ1) is 17.7. The van der Waals surface area contributed by atoms with Crippen molar-refractivity contribution in [2.75, 3.05) is 14.2 Å². The molecular weight excluding hydrogens is 464 g/mol. The van der Waals surface area contributed by atoms with Crippen LogP contribution in [0.15, 0.2) is 48.5 Å². The quantitative estimate of drug-likeness (QED) is 0.332. The number of ether oxygens (including phenoxy) is 4. The summed E-state index contributed by atoms with van der Waals surface area (Å²) in [4.78, 5) is 0. The second-order valence-corrected chi connectivity index (χ2v) is 10.5. The highest BCUT2D eigenvalue weighted by atomic mass is 16.7. The minimum atomic E-state index is -0.752. The summed E-state index contributed by atoms with van der Waals surface area (Å²) < 4.78 is 24.0. The molecule has 4 aromatic carbocycles. The van der Waals surface area contributed by atoms with Crippen LogP contribution in [0.3, 0.4) is 0 Å². The van der Waals surface area contributed by atoms with Crippen LogP contribution < -0.4 is 18.9 Å². The molecule has 0 saturated carbocycles. The Morgan fingerprint density at radius 3 is 2.38 bits per heavy atom. The molecule has 0 bridgehead atoms. The number of fused-ring (bicyclic) bond motifs is 2. The molecule has 4 aromatic rings. The molecular formula is C32H32O5. The second-order valence-electron chi connectivity index (χ2n) is 10.5. The van der Waals surface area contributed by atoms with Gasteiger partial charge in [0, 0.05) is 31.4 Å². The lowest BCUT2D eigenvalue weighted by Gasteiger charge is -2.34. The van der Waals surface area contributed by atoms with Gasteiger partial charge in [0.15, 0.2) is 0 Å². The smallest absolute Gasteiger partial charge is 0.245 e. The maximum absolute atomic E-state index is 11.7. The predicted molar refractivity (Wildman–Crippen MR) is 145 cm³/mol. The SMILES string of the molecule is COc1cc(OC)c2c(c1)C(c1ccc3c4c(cccc14)OC(C)(C)O3)c1c(cc(C)c(C)c1O)CC2. The van der Waals surface area contributed by atoms with E-state index in [4.69, 9.17) is 18.9 Å². The first-order valence-electron chi connectivity index (χ1n) is 12.7. The fourth-order valence-electron chi connectivity index (χ4n) is 6.06. The third kappa shape index (κ3) is 3.59. The molecule has 190 valence electrons. The molecule has 0 amide bonds. The van der Waals surface area contributed by atoms with Gasteiger partial charge in [0.2, 0.25) is 5.79 Å². The van der Waals surface area contributed by atoms with E-state index in [9.17, 15) is 5.11 Å². The molecule has 1 atom stereocenters. The molecule has 1 aliphatic heterocycles. The first-order valence-corrected chi connectivity index (χ1v) is 12.7. The topological polar surface area (TPSA) is 57.2 Å². The highest BCUT2D eigenvalue weighted by molar-refractivity contribution is 5.97. The molecule has 5 heteroatoms. The van der Waals surface area contributed by atoms with E-state index in [2.05, 4.69) is 31.2 Å². The van der Waals surface area contributed by atoms with Crippen LogP contribution in [0.5, 0.6) is 28.7 Å². The third-order valence-corrected chi connectivity index (χ3v) is 7.88. The molecule has 5 nitrogen and oxygen atoms in total. The summed E-state index contributed by atoms with van der Waals surface area (Å²) in [6.45, 7) is 7.89. The fraction of sp³-hybridized carbons (Fsp3) is 0.312. The summed E-state index contributed by atoms with van der Waals surface area (Å²) >= 11 is 0. The van der Waals surface area contributed by atoms with E-state index in [-0.39, 0.29) is 5.92 Å². The number of phenolic OH excluding ortho intramolecular Hbond substituents is 1. The molecule has 0 spiro atoms. The molecule has 1 aliphatic carbocycles. The van der Waals surface area contributed by atoms with Gasteiger partial charge in [0.05, 0.1) is 19.6 Å². The number of phenols is 1. The summed E-state index contributed by atoms with van der Waals surface area (Å²) in [6.07, 6.45) is 1.60. The number of aromatic hydroxyl groups is 1. The molecule has 0 radical (unpaired) electrons. The average Bonchev–Trinajstić information content (AvgIpc) is 3.03. The Hall–Kier alpha value is -3.86. The van der Waals surface area contributed by atoms with Gasteiger partial charge in [0.25, 0.3) is 0 Å². The molecule has 37 heavy (non-hydrogen) atoms. The maximum Gasteiger partial charge on any atom is 0.245 e. The van der Waals surface area contributed by atoms with Crippen molar-refractivity contribution < 1.29 is 24.1 Å². The van der Waals surface area contributed by atoms with Crippen LogP contribution in [-0.4, -0.2) is 25.1 Å². The number of aryl methyl sites for hydroxylation is 2. The van der Waals surface area contributed by atoms with Crippen molar-refractivity contribution in [3.05, 3.63) is 87.5 Å². The fourth-order valence-corrected chi connectivity index (χ4v) is 6.06. The Bertz CT molecular complexity index is 1550. The highest BCUT2D eigenvalue weighted by Crippen LogP contribution is 2.51. The average molecular weight is 497 g/mol. The molecule has 1 unspecified atom stereocenters. The lowest BCUT2D eigenvalue weighted by Crippen LogP contribution is -2.37. The lowest BCUT2D eigenvalue weighted by atomic mass is 9.78. The summed E-state index contributed by atoms with van der Waals surface area (Å²) in [5.41, 5.74) is 7.36. The number of hydrogen-bond donors (Lipinski definition) is 1. The van der Waals surface area contributed by atoms with E-state index in [1.807, 2.05) is 45.0 Å². The summed E-state index contributed by atoms with van der Waals surface area (Å²) in [6, 6.07) is 16.6. The van der Waals surface area contributed by atoms with Crippen LogP contribution in [0.2, 0.25) is 0 Å². The van der Waals surface area contributed by atoms with Gasteiger partial charge in [0.1, 0.15) is 28.7 Å². The summed E-state index contributed by atoms with van der Waals surface area (Å²) in [5, 5.41) is 13.6. The minimum Gasteiger partial charge on any atom is -0.507 e. The van der Waals surface area contributed by atoms with Crippen molar-refractivity contribution in [2.45, 2.75) is 52.2 Å². The van der Waals surface area contributed by atoms with E-state index >= 15 is 0 Å². The van der Waals surface area contributed by atoms with E-state index < -0.39 is 5.79 Å². The van der Waals surface area contributed by atoms with E-state index in [0.29, 0.717) is 5.75 Å². The largest absolute Gasteiger partial charge is 0.507 e. The van der Waals surface area contributed by atoms with E-state index in [0.717, 1.165) is 85.6 Å². The van der Waals surface area contributed by atoms with Crippen molar-refractivity contribution >= 4 is 10.8 Å². The van der Waals surface area contributed by atoms with Gasteiger partial charge in [-0.15, -0.1) is 0 Å². The Morgan fingerprint density at radius 1 is 0.892 bits per heavy atom. The molecule has 0 saturated heterocycles. The number of hydrogen-bond acceptors (Lipinski definition) is 5. The Morgan fingerprint density at radius 2 is 1.65 bits per heavy atom. The van der Waals surface area contributed by atoms with Gasteiger partial charge in [-0.3, -0.25) is 0 Å². The molecule has 2 aliphatic rings. The minimum absolute atomic E-state index is 0.241. The van der Waals surface area contributed by atoms with E-state index in [1.165, 1.54) is 0 Å². The Kier molecular flexibility index (Phi) is 5.30. The summed E-state index contributed by atoms with van der Waals surface area (Å²) in [5.74, 6) is 2.48. The zero-order valence-corrected chi connectivity index (χ0v) is 22.2. The first kappa shape index (κ1) is 23.5. The lowest BCUT2D eigenvalue weighted by molar-refractivity contribution is -0.0861. The van der Waals surface area contributed by atoms with Gasteiger partial charge < -0.3 is 24.1 Å². The number of benzene rings is 4. The molecule has 1 N–H and O–H groups in total. The van der Waals surface area contributed by atoms with Crippen LogP contribution in [0, 0.1) is 13.8 Å². The van der Waals surface area contributed by atoms with Crippen molar-refractivity contribution in [2.24, 2.45) is 0 Å². The van der Waals surface area contributed by atoms with Crippen LogP contribution in [0.4, 0.5) is 0 Å². The Labute approximate surface area is 217 Å². The zero-order chi connectivity index (χ0) is 26.1. The molecule has 0 fully saturated rings. The maximum atomic E-state index is 11.7. The number of rotatable bonds is 3. The zero-order valence-electron chi connectivity index (χ0n) is 22.2. The molecule has 0 aromatic heterocycles. The van der Waals surface area contributed by atoms with Crippen LogP contribution in [0.1, 0.15) is 58.7 Å². The van der Waals surface area contributed by atoms with Gasteiger partial charge in [-0.05, 0) is 83.7 Å². The van der Waals surface area contributed by atoms with Crippen molar-refractivity contribution in [1.82, 2.24) is 0 Å².